The van der Waals surface area contributed by atoms with Crippen LogP contribution in [0.2, 0.25) is 0 Å². The van der Waals surface area contributed by atoms with Gasteiger partial charge in [0.15, 0.2) is 0 Å². The lowest BCUT2D eigenvalue weighted by Gasteiger charge is -2.12. The van der Waals surface area contributed by atoms with Gasteiger partial charge in [-0.1, -0.05) is 27.2 Å². The third-order valence-electron chi connectivity index (χ3n) is 2.63. The second-order valence-corrected chi connectivity index (χ2v) is 4.52. The molecular weight excluding hydrogens is 234 g/mol. The fourth-order valence-electron chi connectivity index (χ4n) is 1.53. The number of H-pyrrole nitrogens is 1. The van der Waals surface area contributed by atoms with Gasteiger partial charge in [-0.05, 0) is 18.4 Å². The number of nitrogens with zero attached hydrogens (tertiary/aromatic N) is 1. The number of aromatic amines is 1. The summed E-state index contributed by atoms with van der Waals surface area (Å²) in [4.78, 5) is 22.7. The largest absolute Gasteiger partial charge is 0.480 e. The van der Waals surface area contributed by atoms with E-state index in [0.717, 1.165) is 5.69 Å². The molecule has 0 spiro atoms. The van der Waals surface area contributed by atoms with Gasteiger partial charge in [0.2, 0.25) is 0 Å². The second kappa shape index (κ2) is 6.18. The molecule has 18 heavy (non-hydrogen) atoms. The van der Waals surface area contributed by atoms with Crippen LogP contribution in [0.5, 0.6) is 0 Å². The summed E-state index contributed by atoms with van der Waals surface area (Å²) in [6.07, 6.45) is 1.09. The van der Waals surface area contributed by atoms with Crippen molar-refractivity contribution in [2.24, 2.45) is 0 Å². The maximum Gasteiger partial charge on any atom is 0.326 e. The number of carbonyl (C=O) groups excluding carboxylic acids is 1. The van der Waals surface area contributed by atoms with Crippen molar-refractivity contribution in [3.63, 3.8) is 0 Å². The Morgan fingerprint density at radius 1 is 1.50 bits per heavy atom. The molecule has 0 radical (unpaired) electrons. The van der Waals surface area contributed by atoms with Crippen molar-refractivity contribution in [2.75, 3.05) is 0 Å². The van der Waals surface area contributed by atoms with Gasteiger partial charge in [0.1, 0.15) is 11.7 Å². The van der Waals surface area contributed by atoms with Crippen molar-refractivity contribution < 1.29 is 14.7 Å². The van der Waals surface area contributed by atoms with E-state index in [9.17, 15) is 9.59 Å². The van der Waals surface area contributed by atoms with Crippen LogP contribution in [0.25, 0.3) is 0 Å². The zero-order valence-corrected chi connectivity index (χ0v) is 10.9. The van der Waals surface area contributed by atoms with Gasteiger partial charge in [0, 0.05) is 5.69 Å². The number of rotatable bonds is 6. The van der Waals surface area contributed by atoms with Gasteiger partial charge >= 0.3 is 5.97 Å². The van der Waals surface area contributed by atoms with E-state index in [1.54, 1.807) is 6.07 Å². The number of aromatic nitrogens is 2. The van der Waals surface area contributed by atoms with Crippen LogP contribution in [0.15, 0.2) is 6.07 Å². The monoisotopic (exact) mass is 253 g/mol. The van der Waals surface area contributed by atoms with Crippen molar-refractivity contribution in [3.8, 4) is 0 Å². The summed E-state index contributed by atoms with van der Waals surface area (Å²) in [5.41, 5.74) is 1.07. The Labute approximate surface area is 106 Å². The second-order valence-electron chi connectivity index (χ2n) is 4.52. The first-order chi connectivity index (χ1) is 8.45. The van der Waals surface area contributed by atoms with Crippen molar-refractivity contribution in [1.82, 2.24) is 15.5 Å². The molecule has 1 atom stereocenters. The van der Waals surface area contributed by atoms with E-state index in [1.165, 1.54) is 0 Å². The molecule has 0 saturated heterocycles. The van der Waals surface area contributed by atoms with E-state index in [2.05, 4.69) is 15.5 Å². The highest BCUT2D eigenvalue weighted by Crippen LogP contribution is 2.12. The van der Waals surface area contributed by atoms with Crippen LogP contribution in [-0.4, -0.2) is 33.2 Å². The third kappa shape index (κ3) is 3.58. The first-order valence-corrected chi connectivity index (χ1v) is 6.04. The van der Waals surface area contributed by atoms with Crippen LogP contribution in [0, 0.1) is 0 Å². The fourth-order valence-corrected chi connectivity index (χ4v) is 1.53. The van der Waals surface area contributed by atoms with E-state index in [1.807, 2.05) is 20.8 Å². The molecule has 6 nitrogen and oxygen atoms in total. The molecule has 1 amide bonds. The molecule has 0 bridgehead atoms. The topological polar surface area (TPSA) is 95.1 Å². The first-order valence-electron chi connectivity index (χ1n) is 6.04. The number of hydrogen-bond donors (Lipinski definition) is 3. The minimum absolute atomic E-state index is 0.223. The summed E-state index contributed by atoms with van der Waals surface area (Å²) >= 11 is 0. The molecule has 100 valence electrons. The Hall–Kier alpha value is -1.85. The number of amides is 1. The lowest BCUT2D eigenvalue weighted by molar-refractivity contribution is -0.139. The smallest absolute Gasteiger partial charge is 0.326 e. The van der Waals surface area contributed by atoms with Gasteiger partial charge in [-0.25, -0.2) is 4.79 Å². The van der Waals surface area contributed by atoms with Crippen LogP contribution < -0.4 is 5.32 Å². The van der Waals surface area contributed by atoms with Crippen LogP contribution >= 0.6 is 0 Å². The number of hydrogen-bond acceptors (Lipinski definition) is 3. The van der Waals surface area contributed by atoms with E-state index in [0.29, 0.717) is 12.8 Å². The minimum Gasteiger partial charge on any atom is -0.480 e. The predicted molar refractivity (Wildman–Crippen MR) is 66.5 cm³/mol. The van der Waals surface area contributed by atoms with Crippen molar-refractivity contribution in [1.29, 1.82) is 0 Å². The maximum absolute atomic E-state index is 11.8. The third-order valence-corrected chi connectivity index (χ3v) is 2.63. The van der Waals surface area contributed by atoms with E-state index in [4.69, 9.17) is 5.11 Å². The normalized spacial score (nSPS) is 12.4. The van der Waals surface area contributed by atoms with Gasteiger partial charge in [-0.3, -0.25) is 9.89 Å². The number of nitrogens with one attached hydrogen (secondary N) is 2. The van der Waals surface area contributed by atoms with Gasteiger partial charge in [-0.2, -0.15) is 5.10 Å². The Kier molecular flexibility index (Phi) is 4.88. The lowest BCUT2D eigenvalue weighted by Crippen LogP contribution is -2.40. The molecule has 1 rings (SSSR count). The van der Waals surface area contributed by atoms with Gasteiger partial charge in [0.05, 0.1) is 0 Å². The highest BCUT2D eigenvalue weighted by molar-refractivity contribution is 5.95. The molecule has 0 aliphatic carbocycles. The zero-order valence-electron chi connectivity index (χ0n) is 10.9. The predicted octanol–water partition coefficient (Wildman–Crippen LogP) is 1.52. The van der Waals surface area contributed by atoms with Crippen LogP contribution in [0.1, 0.15) is 55.7 Å². The lowest BCUT2D eigenvalue weighted by atomic mass is 10.1. The first kappa shape index (κ1) is 14.2. The van der Waals surface area contributed by atoms with Gasteiger partial charge in [0.25, 0.3) is 5.91 Å². The fraction of sp³-hybridized carbons (Fsp3) is 0.583. The molecule has 0 saturated carbocycles. The molecular formula is C12H19N3O3. The number of carboxylic acid groups (broad SMARTS) is 1. The van der Waals surface area contributed by atoms with Gasteiger partial charge < -0.3 is 10.4 Å². The highest BCUT2D eigenvalue weighted by atomic mass is 16.4. The van der Waals surface area contributed by atoms with Crippen LogP contribution in [0.3, 0.4) is 0 Å². The quantitative estimate of drug-likeness (QED) is 0.716. The van der Waals surface area contributed by atoms with Crippen LogP contribution in [0.4, 0.5) is 0 Å². The maximum atomic E-state index is 11.8. The molecule has 3 N–H and O–H groups in total. The Morgan fingerprint density at radius 2 is 2.17 bits per heavy atom. The number of carbonyl (C=O) groups is 2. The minimum atomic E-state index is -1.02. The Morgan fingerprint density at radius 3 is 2.61 bits per heavy atom. The Balaban J connectivity index is 2.71. The van der Waals surface area contributed by atoms with Crippen molar-refractivity contribution >= 4 is 11.9 Å². The molecule has 1 aromatic rings. The SMILES string of the molecule is CCCC(NC(=O)c1cc(C(C)C)[nH]n1)C(=O)O. The summed E-state index contributed by atoms with van der Waals surface area (Å²) in [7, 11) is 0. The average molecular weight is 253 g/mol. The molecule has 0 fully saturated rings. The Bertz CT molecular complexity index is 426. The summed E-state index contributed by atoms with van der Waals surface area (Å²) in [6.45, 7) is 5.83. The van der Waals surface area contributed by atoms with E-state index >= 15 is 0 Å². The van der Waals surface area contributed by atoms with Crippen molar-refractivity contribution in [2.45, 2.75) is 45.6 Å². The summed E-state index contributed by atoms with van der Waals surface area (Å²) < 4.78 is 0. The number of carboxylic acids is 1. The summed E-state index contributed by atoms with van der Waals surface area (Å²) in [5.74, 6) is -1.24. The van der Waals surface area contributed by atoms with Crippen LogP contribution in [-0.2, 0) is 4.79 Å². The van der Waals surface area contributed by atoms with Gasteiger partial charge in [-0.15, -0.1) is 0 Å². The standard InChI is InChI=1S/C12H19N3O3/c1-4-5-8(12(17)18)13-11(16)10-6-9(7(2)3)14-15-10/h6-8H,4-5H2,1-3H3,(H,13,16)(H,14,15)(H,17,18). The zero-order chi connectivity index (χ0) is 13.7. The molecule has 6 heteroatoms. The summed E-state index contributed by atoms with van der Waals surface area (Å²) in [5, 5.41) is 18.1. The summed E-state index contributed by atoms with van der Waals surface area (Å²) in [6, 6.07) is 0.784. The highest BCUT2D eigenvalue weighted by Gasteiger charge is 2.21. The van der Waals surface area contributed by atoms with E-state index in [-0.39, 0.29) is 11.6 Å². The molecule has 0 aliphatic heterocycles. The molecule has 0 aliphatic rings. The average Bonchev–Trinajstić information content (AvgIpc) is 2.77. The molecule has 1 unspecified atom stereocenters. The molecule has 0 aromatic carbocycles. The molecule has 1 heterocycles. The van der Waals surface area contributed by atoms with E-state index < -0.39 is 17.9 Å². The van der Waals surface area contributed by atoms with Crippen molar-refractivity contribution in [3.05, 3.63) is 17.5 Å². The molecule has 1 aromatic heterocycles. The number of aliphatic carboxylic acids is 1.